The van der Waals surface area contributed by atoms with Gasteiger partial charge in [0, 0.05) is 23.6 Å². The van der Waals surface area contributed by atoms with Crippen molar-refractivity contribution in [3.05, 3.63) is 111 Å². The first kappa shape index (κ1) is 19.6. The van der Waals surface area contributed by atoms with Crippen molar-refractivity contribution in [2.45, 2.75) is 13.5 Å². The third-order valence-electron chi connectivity index (χ3n) is 5.11. The highest BCUT2D eigenvalue weighted by molar-refractivity contribution is 5.82. The summed E-state index contributed by atoms with van der Waals surface area (Å²) in [5, 5.41) is 1.17. The van der Waals surface area contributed by atoms with Crippen LogP contribution in [0.2, 0.25) is 0 Å². The molecule has 158 valence electrons. The van der Waals surface area contributed by atoms with Crippen LogP contribution in [-0.4, -0.2) is 0 Å². The Balaban J connectivity index is 1.41. The molecule has 2 heterocycles. The predicted octanol–water partition coefficient (Wildman–Crippen LogP) is 5.58. The van der Waals surface area contributed by atoms with E-state index in [1.165, 1.54) is 12.3 Å². The summed E-state index contributed by atoms with van der Waals surface area (Å²) < 4.78 is 22.4. The minimum Gasteiger partial charge on any atom is -0.489 e. The first-order valence-electron chi connectivity index (χ1n) is 10.0. The monoisotopic (exact) mass is 426 g/mol. The van der Waals surface area contributed by atoms with Crippen LogP contribution in [0.3, 0.4) is 0 Å². The zero-order chi connectivity index (χ0) is 22.1. The minimum atomic E-state index is -0.442. The van der Waals surface area contributed by atoms with E-state index < -0.39 is 5.63 Å². The van der Waals surface area contributed by atoms with Crippen LogP contribution in [0.1, 0.15) is 11.1 Å². The fourth-order valence-electron chi connectivity index (χ4n) is 3.49. The zero-order valence-corrected chi connectivity index (χ0v) is 17.2. The first-order chi connectivity index (χ1) is 15.6. The molecule has 0 unspecified atom stereocenters. The molecule has 2 aromatic heterocycles. The van der Waals surface area contributed by atoms with Gasteiger partial charge in [0.2, 0.25) is 11.2 Å². The number of hydrogen-bond donors (Lipinski definition) is 0. The van der Waals surface area contributed by atoms with Gasteiger partial charge in [-0.15, -0.1) is 0 Å². The second kappa shape index (κ2) is 8.07. The highest BCUT2D eigenvalue weighted by Crippen LogP contribution is 2.27. The molecular formula is C26H18O6. The van der Waals surface area contributed by atoms with Crippen molar-refractivity contribution >= 4 is 21.9 Å². The zero-order valence-electron chi connectivity index (χ0n) is 17.2. The molecule has 0 saturated carbocycles. The van der Waals surface area contributed by atoms with Crippen molar-refractivity contribution < 1.29 is 18.3 Å². The van der Waals surface area contributed by atoms with Gasteiger partial charge < -0.3 is 18.3 Å². The lowest BCUT2D eigenvalue weighted by Crippen LogP contribution is -2.05. The maximum atomic E-state index is 12.9. The van der Waals surface area contributed by atoms with E-state index >= 15 is 0 Å². The number of benzene rings is 3. The van der Waals surface area contributed by atoms with E-state index in [0.29, 0.717) is 34.7 Å². The van der Waals surface area contributed by atoms with E-state index in [0.717, 1.165) is 16.5 Å². The van der Waals surface area contributed by atoms with Crippen LogP contribution < -0.4 is 20.5 Å². The van der Waals surface area contributed by atoms with Gasteiger partial charge in [-0.1, -0.05) is 30.3 Å². The summed E-state index contributed by atoms with van der Waals surface area (Å²) in [4.78, 5) is 24.5. The van der Waals surface area contributed by atoms with E-state index in [4.69, 9.17) is 18.3 Å². The van der Waals surface area contributed by atoms with Crippen LogP contribution in [0, 0.1) is 6.92 Å². The highest BCUT2D eigenvalue weighted by Gasteiger charge is 2.12. The number of hydrogen-bond acceptors (Lipinski definition) is 6. The van der Waals surface area contributed by atoms with Gasteiger partial charge in [0.1, 0.15) is 35.5 Å². The normalized spacial score (nSPS) is 11.0. The highest BCUT2D eigenvalue weighted by atomic mass is 16.5. The molecule has 0 saturated heterocycles. The molecule has 0 N–H and O–H groups in total. The van der Waals surface area contributed by atoms with Crippen LogP contribution in [-0.2, 0) is 6.61 Å². The summed E-state index contributed by atoms with van der Waals surface area (Å²) in [6.45, 7) is 2.24. The van der Waals surface area contributed by atoms with Crippen molar-refractivity contribution in [1.29, 1.82) is 0 Å². The molecule has 0 bridgehead atoms. The standard InChI is InChI=1S/C26H18O6/c1-16-11-25(27)32-23-13-19(8-9-20(16)23)31-24-15-30-22-12-18(7-10-21(22)26(24)28)29-14-17-5-3-2-4-6-17/h2-13,15H,14H2,1H3. The van der Waals surface area contributed by atoms with Gasteiger partial charge in [-0.2, -0.15) is 0 Å². The van der Waals surface area contributed by atoms with Crippen LogP contribution in [0.4, 0.5) is 0 Å². The SMILES string of the molecule is Cc1cc(=O)oc2cc(Oc3coc4cc(OCc5ccccc5)ccc4c3=O)ccc12. The molecule has 6 nitrogen and oxygen atoms in total. The Bertz CT molecular complexity index is 1550. The van der Waals surface area contributed by atoms with E-state index in [1.807, 2.05) is 37.3 Å². The lowest BCUT2D eigenvalue weighted by atomic mass is 10.1. The summed E-state index contributed by atoms with van der Waals surface area (Å²) >= 11 is 0. The number of aryl methyl sites for hydroxylation is 1. The van der Waals surface area contributed by atoms with Crippen molar-refractivity contribution in [1.82, 2.24) is 0 Å². The van der Waals surface area contributed by atoms with Crippen LogP contribution in [0.5, 0.6) is 17.2 Å². The predicted molar refractivity (Wildman–Crippen MR) is 121 cm³/mol. The molecule has 0 radical (unpaired) electrons. The Labute approximate surface area is 182 Å². The topological polar surface area (TPSA) is 78.9 Å². The molecular weight excluding hydrogens is 408 g/mol. The number of ether oxygens (including phenoxy) is 2. The summed E-state index contributed by atoms with van der Waals surface area (Å²) in [6.07, 6.45) is 1.27. The Morgan fingerprint density at radius 1 is 0.812 bits per heavy atom. The van der Waals surface area contributed by atoms with Crippen molar-refractivity contribution in [3.8, 4) is 17.2 Å². The second-order valence-electron chi connectivity index (χ2n) is 7.37. The fourth-order valence-corrected chi connectivity index (χ4v) is 3.49. The van der Waals surface area contributed by atoms with Gasteiger partial charge in [0.05, 0.1) is 5.39 Å². The molecule has 0 aliphatic rings. The quantitative estimate of drug-likeness (QED) is 0.342. The number of rotatable bonds is 5. The van der Waals surface area contributed by atoms with Crippen molar-refractivity contribution in [3.63, 3.8) is 0 Å². The van der Waals surface area contributed by atoms with Gasteiger partial charge >= 0.3 is 5.63 Å². The Hall–Kier alpha value is -4.32. The minimum absolute atomic E-state index is 0.0322. The van der Waals surface area contributed by atoms with Crippen LogP contribution >= 0.6 is 0 Å². The van der Waals surface area contributed by atoms with E-state index in [-0.39, 0.29) is 11.2 Å². The molecule has 0 fully saturated rings. The molecule has 0 spiro atoms. The van der Waals surface area contributed by atoms with Crippen molar-refractivity contribution in [2.24, 2.45) is 0 Å². The molecule has 5 rings (SSSR count). The van der Waals surface area contributed by atoms with Gasteiger partial charge in [-0.25, -0.2) is 4.79 Å². The maximum absolute atomic E-state index is 12.9. The molecule has 0 aliphatic heterocycles. The lowest BCUT2D eigenvalue weighted by Gasteiger charge is -2.09. The van der Waals surface area contributed by atoms with Crippen molar-refractivity contribution in [2.75, 3.05) is 0 Å². The smallest absolute Gasteiger partial charge is 0.336 e. The average molecular weight is 426 g/mol. The van der Waals surface area contributed by atoms with Crippen LogP contribution in [0.25, 0.3) is 21.9 Å². The first-order valence-corrected chi connectivity index (χ1v) is 10.0. The van der Waals surface area contributed by atoms with E-state index in [1.54, 1.807) is 36.4 Å². The molecule has 32 heavy (non-hydrogen) atoms. The molecule has 5 aromatic rings. The Morgan fingerprint density at radius 2 is 1.56 bits per heavy atom. The second-order valence-corrected chi connectivity index (χ2v) is 7.37. The van der Waals surface area contributed by atoms with E-state index in [9.17, 15) is 9.59 Å². The molecule has 0 aliphatic carbocycles. The summed E-state index contributed by atoms with van der Waals surface area (Å²) in [6, 6.07) is 21.3. The van der Waals surface area contributed by atoms with E-state index in [2.05, 4.69) is 0 Å². The Kier molecular flexibility index (Phi) is 4.95. The van der Waals surface area contributed by atoms with Gasteiger partial charge in [-0.3, -0.25) is 4.79 Å². The Morgan fingerprint density at radius 3 is 2.41 bits per heavy atom. The lowest BCUT2D eigenvalue weighted by molar-refractivity contribution is 0.306. The van der Waals surface area contributed by atoms with Gasteiger partial charge in [-0.05, 0) is 42.3 Å². The molecule has 0 amide bonds. The summed E-state index contributed by atoms with van der Waals surface area (Å²) in [5.41, 5.74) is 1.87. The maximum Gasteiger partial charge on any atom is 0.336 e. The summed E-state index contributed by atoms with van der Waals surface area (Å²) in [5.74, 6) is 0.989. The summed E-state index contributed by atoms with van der Waals surface area (Å²) in [7, 11) is 0. The molecule has 3 aromatic carbocycles. The van der Waals surface area contributed by atoms with Gasteiger partial charge in [0.25, 0.3) is 0 Å². The third-order valence-corrected chi connectivity index (χ3v) is 5.11. The molecule has 6 heteroatoms. The largest absolute Gasteiger partial charge is 0.489 e. The number of fused-ring (bicyclic) bond motifs is 2. The molecule has 0 atom stereocenters. The van der Waals surface area contributed by atoms with Gasteiger partial charge in [0.15, 0.2) is 0 Å². The third kappa shape index (κ3) is 3.86. The van der Waals surface area contributed by atoms with Crippen LogP contribution in [0.15, 0.2) is 97.5 Å². The fraction of sp³-hybridized carbons (Fsp3) is 0.0769. The average Bonchev–Trinajstić information content (AvgIpc) is 2.80.